The summed E-state index contributed by atoms with van der Waals surface area (Å²) >= 11 is 0. The molecule has 8 nitrogen and oxygen atoms in total. The molecule has 0 radical (unpaired) electrons. The Morgan fingerprint density at radius 3 is 2.73 bits per heavy atom. The second-order valence-corrected chi connectivity index (χ2v) is 9.43. The van der Waals surface area contributed by atoms with Gasteiger partial charge in [-0.1, -0.05) is 25.1 Å². The van der Waals surface area contributed by atoms with Gasteiger partial charge in [-0.2, -0.15) is 5.10 Å². The number of benzene rings is 1. The zero-order chi connectivity index (χ0) is 21.6. The van der Waals surface area contributed by atoms with Crippen molar-refractivity contribution in [1.29, 1.82) is 0 Å². The Morgan fingerprint density at radius 1 is 1.33 bits per heavy atom. The minimum atomic E-state index is -3.39. The smallest absolute Gasteiger partial charge is 0.194 e. The second kappa shape index (κ2) is 10.1. The standard InChI is InChI=1S/C21H31N5O3S/c1-4-18(16-30(27,28)19-9-7-6-8-10-19)24-21(22-5-2)26-11-12-29-20(15-26)17-13-23-25(3)14-17/h6-10,13-14,18,20H,4-5,11-12,15-16H2,1-3H3,(H,22,24). The molecule has 0 aliphatic carbocycles. The minimum Gasteiger partial charge on any atom is -0.370 e. The van der Waals surface area contributed by atoms with Crippen molar-refractivity contribution in [2.75, 3.05) is 32.0 Å². The average Bonchev–Trinajstić information content (AvgIpc) is 3.20. The van der Waals surface area contributed by atoms with Crippen LogP contribution in [0.3, 0.4) is 0 Å². The quantitative estimate of drug-likeness (QED) is 0.531. The fourth-order valence-corrected chi connectivity index (χ4v) is 5.08. The summed E-state index contributed by atoms with van der Waals surface area (Å²) in [5, 5.41) is 7.63. The highest BCUT2D eigenvalue weighted by molar-refractivity contribution is 7.91. The number of nitrogens with zero attached hydrogens (tertiary/aromatic N) is 4. The van der Waals surface area contributed by atoms with Crippen molar-refractivity contribution in [3.63, 3.8) is 0 Å². The second-order valence-electron chi connectivity index (χ2n) is 7.39. The normalized spacial score (nSPS) is 19.0. The van der Waals surface area contributed by atoms with Crippen molar-refractivity contribution in [3.8, 4) is 0 Å². The molecule has 2 atom stereocenters. The Morgan fingerprint density at radius 2 is 2.10 bits per heavy atom. The van der Waals surface area contributed by atoms with Crippen molar-refractivity contribution in [2.24, 2.45) is 12.0 Å². The van der Waals surface area contributed by atoms with E-state index in [-0.39, 0.29) is 17.9 Å². The number of guanidine groups is 1. The first-order valence-electron chi connectivity index (χ1n) is 10.4. The van der Waals surface area contributed by atoms with Crippen LogP contribution >= 0.6 is 0 Å². The van der Waals surface area contributed by atoms with Crippen LogP contribution in [0.4, 0.5) is 0 Å². The van der Waals surface area contributed by atoms with Crippen LogP contribution in [0.2, 0.25) is 0 Å². The maximum absolute atomic E-state index is 12.8. The molecule has 1 saturated heterocycles. The largest absolute Gasteiger partial charge is 0.370 e. The monoisotopic (exact) mass is 433 g/mol. The summed E-state index contributed by atoms with van der Waals surface area (Å²) in [6.07, 6.45) is 4.36. The first-order chi connectivity index (χ1) is 14.4. The maximum Gasteiger partial charge on any atom is 0.194 e. The lowest BCUT2D eigenvalue weighted by molar-refractivity contribution is -0.00823. The molecule has 9 heteroatoms. The van der Waals surface area contributed by atoms with Gasteiger partial charge in [0.2, 0.25) is 0 Å². The van der Waals surface area contributed by atoms with E-state index in [2.05, 4.69) is 20.3 Å². The van der Waals surface area contributed by atoms with Gasteiger partial charge in [0.15, 0.2) is 15.8 Å². The first kappa shape index (κ1) is 22.3. The van der Waals surface area contributed by atoms with Gasteiger partial charge in [0, 0.05) is 37.9 Å². The topological polar surface area (TPSA) is 88.8 Å². The Labute approximate surface area is 178 Å². The number of hydrogen-bond acceptors (Lipinski definition) is 5. The molecule has 2 aromatic rings. The van der Waals surface area contributed by atoms with E-state index in [1.165, 1.54) is 0 Å². The van der Waals surface area contributed by atoms with Crippen LogP contribution in [-0.2, 0) is 21.6 Å². The van der Waals surface area contributed by atoms with Crippen molar-refractivity contribution in [3.05, 3.63) is 48.3 Å². The van der Waals surface area contributed by atoms with Gasteiger partial charge < -0.3 is 15.0 Å². The van der Waals surface area contributed by atoms with Crippen molar-refractivity contribution in [1.82, 2.24) is 20.0 Å². The Bertz CT molecular complexity index is 943. The van der Waals surface area contributed by atoms with E-state index in [0.29, 0.717) is 37.6 Å². The van der Waals surface area contributed by atoms with Crippen molar-refractivity contribution < 1.29 is 13.2 Å². The third kappa shape index (κ3) is 5.60. The van der Waals surface area contributed by atoms with Crippen LogP contribution in [0.5, 0.6) is 0 Å². The number of hydrogen-bond donors (Lipinski definition) is 1. The van der Waals surface area contributed by atoms with E-state index < -0.39 is 9.84 Å². The lowest BCUT2D eigenvalue weighted by atomic mass is 10.1. The highest BCUT2D eigenvalue weighted by Crippen LogP contribution is 2.22. The van der Waals surface area contributed by atoms with E-state index in [1.54, 1.807) is 28.9 Å². The average molecular weight is 434 g/mol. The Balaban J connectivity index is 1.71. The van der Waals surface area contributed by atoms with Crippen LogP contribution in [0, 0.1) is 0 Å². The number of morpholine rings is 1. The molecule has 1 N–H and O–H groups in total. The van der Waals surface area contributed by atoms with E-state index in [4.69, 9.17) is 4.74 Å². The summed E-state index contributed by atoms with van der Waals surface area (Å²) < 4.78 is 33.4. The summed E-state index contributed by atoms with van der Waals surface area (Å²) in [6, 6.07) is 8.36. The van der Waals surface area contributed by atoms with Gasteiger partial charge in [0.1, 0.15) is 6.10 Å². The number of aromatic nitrogens is 2. The van der Waals surface area contributed by atoms with Crippen LogP contribution in [0.15, 0.2) is 52.6 Å². The van der Waals surface area contributed by atoms with Gasteiger partial charge in [-0.05, 0) is 25.5 Å². The molecule has 1 aliphatic rings. The molecule has 2 unspecified atom stereocenters. The summed E-state index contributed by atoms with van der Waals surface area (Å²) in [4.78, 5) is 7.12. The van der Waals surface area contributed by atoms with Gasteiger partial charge in [0.05, 0.1) is 30.0 Å². The molecule has 0 bridgehead atoms. The van der Waals surface area contributed by atoms with Gasteiger partial charge in [0.25, 0.3) is 0 Å². The molecule has 30 heavy (non-hydrogen) atoms. The molecule has 0 saturated carbocycles. The summed E-state index contributed by atoms with van der Waals surface area (Å²) in [7, 11) is -1.50. The van der Waals surface area contributed by atoms with E-state index in [1.807, 2.05) is 39.4 Å². The van der Waals surface area contributed by atoms with E-state index in [9.17, 15) is 8.42 Å². The molecular formula is C21H31N5O3S. The van der Waals surface area contributed by atoms with Gasteiger partial charge in [-0.3, -0.25) is 9.67 Å². The third-order valence-corrected chi connectivity index (χ3v) is 6.95. The van der Waals surface area contributed by atoms with Gasteiger partial charge in [-0.15, -0.1) is 0 Å². The van der Waals surface area contributed by atoms with Crippen LogP contribution in [-0.4, -0.2) is 67.1 Å². The first-order valence-corrected chi connectivity index (χ1v) is 12.0. The third-order valence-electron chi connectivity index (χ3n) is 5.12. The Hall–Kier alpha value is -2.39. The highest BCUT2D eigenvalue weighted by Gasteiger charge is 2.27. The van der Waals surface area contributed by atoms with Crippen molar-refractivity contribution in [2.45, 2.75) is 37.3 Å². The molecular weight excluding hydrogens is 402 g/mol. The highest BCUT2D eigenvalue weighted by atomic mass is 32.2. The predicted molar refractivity (Wildman–Crippen MR) is 117 cm³/mol. The molecule has 1 aromatic heterocycles. The van der Waals surface area contributed by atoms with Gasteiger partial charge in [-0.25, -0.2) is 8.42 Å². The lowest BCUT2D eigenvalue weighted by Gasteiger charge is -2.36. The molecule has 0 spiro atoms. The summed E-state index contributed by atoms with van der Waals surface area (Å²) in [6.45, 7) is 6.48. The SMILES string of the molecule is CCN=C(NC(CC)CS(=O)(=O)c1ccccc1)N1CCOC(c2cnn(C)c2)C1. The van der Waals surface area contributed by atoms with Crippen LogP contribution in [0.1, 0.15) is 31.9 Å². The number of rotatable bonds is 7. The fourth-order valence-electron chi connectivity index (χ4n) is 3.47. The fraction of sp³-hybridized carbons (Fsp3) is 0.524. The molecule has 164 valence electrons. The minimum absolute atomic E-state index is 0.0205. The summed E-state index contributed by atoms with van der Waals surface area (Å²) in [5.41, 5.74) is 1.02. The van der Waals surface area contributed by atoms with Crippen LogP contribution in [0.25, 0.3) is 0 Å². The van der Waals surface area contributed by atoms with Gasteiger partial charge >= 0.3 is 0 Å². The van der Waals surface area contributed by atoms with E-state index >= 15 is 0 Å². The number of aliphatic imine (C=N–C) groups is 1. The number of nitrogens with one attached hydrogen (secondary N) is 1. The molecule has 1 fully saturated rings. The maximum atomic E-state index is 12.8. The summed E-state index contributed by atoms with van der Waals surface area (Å²) in [5.74, 6) is 0.747. The van der Waals surface area contributed by atoms with Crippen LogP contribution < -0.4 is 5.32 Å². The molecule has 0 amide bonds. The van der Waals surface area contributed by atoms with E-state index in [0.717, 1.165) is 11.5 Å². The Kier molecular flexibility index (Phi) is 7.49. The number of ether oxygens (including phenoxy) is 1. The lowest BCUT2D eigenvalue weighted by Crippen LogP contribution is -2.52. The predicted octanol–water partition coefficient (Wildman–Crippen LogP) is 2.01. The molecule has 3 rings (SSSR count). The zero-order valence-corrected chi connectivity index (χ0v) is 18.7. The molecule has 1 aliphatic heterocycles. The number of aryl methyl sites for hydroxylation is 1. The molecule has 2 heterocycles. The zero-order valence-electron chi connectivity index (χ0n) is 17.9. The molecule has 1 aromatic carbocycles. The van der Waals surface area contributed by atoms with Crippen molar-refractivity contribution >= 4 is 15.8 Å². The number of sulfone groups is 1.